The first-order valence-electron chi connectivity index (χ1n) is 26.8. The van der Waals surface area contributed by atoms with Crippen LogP contribution in [0.4, 0.5) is 17.6 Å². The summed E-state index contributed by atoms with van der Waals surface area (Å²) in [4.78, 5) is 10.4. The summed E-state index contributed by atoms with van der Waals surface area (Å²) in [5, 5.41) is 8.44. The second kappa shape index (κ2) is 75.4. The molecule has 626 valence electrons. The van der Waals surface area contributed by atoms with Crippen molar-refractivity contribution in [3.05, 3.63) is 35.1 Å². The third kappa shape index (κ3) is 48.9. The molecule has 0 aliphatic heterocycles. The lowest BCUT2D eigenvalue weighted by Crippen LogP contribution is -2.73. The smallest absolute Gasteiger partial charge is 0.419 e. The van der Waals surface area contributed by atoms with Crippen molar-refractivity contribution in [2.45, 2.75) is 18.6 Å². The maximum Gasteiger partial charge on any atom is 0.419 e. The Kier molecular flexibility index (Phi) is 99.6. The van der Waals surface area contributed by atoms with E-state index < -0.39 is 295 Å². The Morgan fingerprint density at radius 3 is 0.704 bits per heavy atom. The fraction of sp³-hybridized carbons (Fsp3) is 0.300. The minimum atomic E-state index is -4.83. The molecule has 3 nitrogen and oxygen atoms in total. The van der Waals surface area contributed by atoms with Crippen LogP contribution >= 0.6 is 672 Å². The van der Waals surface area contributed by atoms with Crippen molar-refractivity contribution >= 4 is 727 Å². The summed E-state index contributed by atoms with van der Waals surface area (Å²) in [5.74, 6) is -2.83. The number of carboxylic acid groups (broad SMARTS) is 1. The van der Waals surface area contributed by atoms with E-state index in [2.05, 4.69) is 411 Å². The van der Waals surface area contributed by atoms with Crippen LogP contribution in [0.3, 0.4) is 0 Å². The van der Waals surface area contributed by atoms with Crippen LogP contribution in [-0.2, 0) is 11.0 Å². The highest BCUT2D eigenvalue weighted by molar-refractivity contribution is 9.33. The van der Waals surface area contributed by atoms with Gasteiger partial charge in [0.25, 0.3) is 0 Å². The Morgan fingerprint density at radius 1 is 0.343 bits per heavy atom. The number of alkyl halides is 3. The molecule has 0 aliphatic rings. The van der Waals surface area contributed by atoms with Crippen molar-refractivity contribution in [2.75, 3.05) is 0 Å². The predicted molar refractivity (Wildman–Crippen MR) is 801 cm³/mol. The van der Waals surface area contributed by atoms with Crippen LogP contribution in [0.15, 0.2) is 18.2 Å². The third-order valence-corrected chi connectivity index (χ3v) is 390. The number of aliphatic carboxylic acids is 1. The normalized spacial score (nSPS) is 14.5. The van der Waals surface area contributed by atoms with Crippen LogP contribution in [0.5, 0.6) is 0 Å². The average molecular weight is 3000 g/mol. The summed E-state index contributed by atoms with van der Waals surface area (Å²) in [7, 11) is 166. The largest absolute Gasteiger partial charge is 0.481 e. The molecule has 98 heteroatoms. The van der Waals surface area contributed by atoms with Gasteiger partial charge in [-0.1, -0.05) is 91.9 Å². The topological polar surface area (TPSA) is 63.3 Å². The van der Waals surface area contributed by atoms with E-state index in [4.69, 9.17) is 10.8 Å². The zero-order chi connectivity index (χ0) is 85.3. The lowest BCUT2D eigenvalue weighted by molar-refractivity contribution is -0.140. The fourth-order valence-electron chi connectivity index (χ4n) is 9.91. The third-order valence-electron chi connectivity index (χ3n) is 13.0. The summed E-state index contributed by atoms with van der Waals surface area (Å²) in [6.45, 7) is -12.2. The van der Waals surface area contributed by atoms with Gasteiger partial charge in [0.05, 0.1) is 24.8 Å². The van der Waals surface area contributed by atoms with Crippen molar-refractivity contribution < 1.29 is 27.5 Å². The second-order valence-electron chi connectivity index (χ2n) is 20.1. The number of carboxylic acids is 1. The van der Waals surface area contributed by atoms with E-state index in [0.29, 0.717) is 55.4 Å². The number of hydrogen-bond donors (Lipinski definition) is 2. The summed E-state index contributed by atoms with van der Waals surface area (Å²) in [5.41, 5.74) is 3.42. The second-order valence-corrected chi connectivity index (χ2v) is 320. The molecule has 0 amide bonds. The number of halogens is 4. The molecule has 0 radical (unpaired) electrons. The van der Waals surface area contributed by atoms with E-state index in [-0.39, 0.29) is 0 Å². The first-order valence-corrected chi connectivity index (χ1v) is 171. The van der Waals surface area contributed by atoms with Gasteiger partial charge in [-0.05, 0) is 188 Å². The molecule has 50 atom stereocenters. The highest BCUT2D eigenvalue weighted by Gasteiger charge is 2.71. The van der Waals surface area contributed by atoms with Crippen LogP contribution in [0, 0.1) is 5.82 Å². The Hall–Kier alpha value is 34.6. The highest BCUT2D eigenvalue weighted by atomic mass is 33.3. The molecule has 0 saturated carbocycles. The molecule has 108 heavy (non-hydrogen) atoms. The molecule has 1 aromatic carbocycles. The van der Waals surface area contributed by atoms with Crippen LogP contribution < -0.4 is 5.73 Å². The lowest BCUT2D eigenvalue weighted by atomic mass is 8.65. The molecule has 0 aromatic heterocycles. The minimum Gasteiger partial charge on any atom is -0.481 e. The van der Waals surface area contributed by atoms with Crippen LogP contribution in [0.1, 0.15) is 23.6 Å². The summed E-state index contributed by atoms with van der Waals surface area (Å²) in [6.07, 6.45) is -3.88. The Bertz CT molecular complexity index is 2280. The fourth-order valence-corrected chi connectivity index (χ4v) is 655. The number of rotatable bonds is 47. The molecule has 1 aromatic rings. The number of benzene rings is 1. The van der Waals surface area contributed by atoms with Gasteiger partial charge in [-0.3, -0.25) is 4.79 Å². The number of hydrogen-bond acceptors (Lipinski definition) is 2. The summed E-state index contributed by atoms with van der Waals surface area (Å²) in [6, 6.07) is 4.36. The molecule has 0 bridgehead atoms. The SMILES string of the molecule is NC(CC(=O)O)c1cccc(C(F)(F)F)c1F.PPP(P)P(B(B(B(B(P(P(P)P)P(P)P)P(P(P)P)P(P)P)B(P(P(P)P)P(P)P)P(P(P)P)P(P)P)B(B(P(P(P)P)P(P)P)P(P(P)P)P(P)P)B(P(P(P)P)P(P)P)P(P(P)P)P(P)P)P(P(P(P)P)P(P)P)P(P(P)P)P(P)P)P(P(P)P)P(P)P. The van der Waals surface area contributed by atoms with E-state index in [1.165, 1.54) is 0 Å². The minimum absolute atomic E-state index is 0.432. The zero-order valence-electron chi connectivity index (χ0n) is 56.2. The van der Waals surface area contributed by atoms with Gasteiger partial charge < -0.3 is 10.8 Å². The Labute approximate surface area is 802 Å². The molecule has 0 aliphatic carbocycles. The van der Waals surface area contributed by atoms with E-state index >= 15 is 0 Å². The lowest BCUT2D eigenvalue weighted by Gasteiger charge is -2.60. The van der Waals surface area contributed by atoms with E-state index in [0.717, 1.165) is 20.1 Å². The number of nitrogens with two attached hydrogens (primary N) is 1. The van der Waals surface area contributed by atoms with E-state index in [1.54, 1.807) is 0 Å². The molecule has 1 rings (SSSR count). The molecular weight excluding hydrogens is 2900 g/mol. The molecular formula is C10H102B8F4NO2P83. The van der Waals surface area contributed by atoms with Crippen molar-refractivity contribution in [3.63, 3.8) is 0 Å². The summed E-state index contributed by atoms with van der Waals surface area (Å²) < 4.78 is 50.5. The molecule has 0 fully saturated rings. The molecule has 3 N–H and O–H groups in total. The first kappa shape index (κ1) is 143. The molecule has 0 spiro atoms. The van der Waals surface area contributed by atoms with Gasteiger partial charge in [0.1, 0.15) is 5.82 Å². The van der Waals surface area contributed by atoms with Crippen molar-refractivity contribution in [1.82, 2.24) is 0 Å². The molecule has 0 heterocycles. The van der Waals surface area contributed by atoms with Gasteiger partial charge >= 0.3 is 12.1 Å². The van der Waals surface area contributed by atoms with Crippen LogP contribution in [-0.4, -0.2) is 60.4 Å². The quantitative estimate of drug-likeness (QED) is 0.0388. The monoisotopic (exact) mass is 3000 g/mol. The van der Waals surface area contributed by atoms with Gasteiger partial charge in [-0.25, -0.2) is 4.39 Å². The molecule has 0 saturated heterocycles. The van der Waals surface area contributed by atoms with Gasteiger partial charge in [-0.2, -0.15) is 13.2 Å². The van der Waals surface area contributed by atoms with Gasteiger partial charge in [0.2, 0.25) is 0 Å². The standard InChI is InChI=1S/C10H9F4NO2.B8H93P83/c11-9-5(7(15)4-8(16)17)2-1-3-6(9)10(12,13)14;9-55-88(54)64(89(82(42)43)83(44)45)4(65(90(84(46)47)85(48)49)91(86(50)51)87(52)53)1(2(5(56(66(10)11)67(12)13)57(68(14)15)69(16)17)6(58(70(18)19)71(20)21)59(72(22)23)73(24)25)3(7(60(74(26)27)75(28)29)61(76(30)31)77(32)33)8(62(78(34)35)79(36)37)63(80(38)39)81(40)41/h1-3,7H,4,15H2,(H,16,17);55H,9-54H2. The van der Waals surface area contributed by atoms with E-state index in [1.807, 2.05) is 0 Å². The highest BCUT2D eigenvalue weighted by Crippen LogP contribution is 3.27. The van der Waals surface area contributed by atoms with Gasteiger partial charge in [0, 0.05) is 18.0 Å². The van der Waals surface area contributed by atoms with Crippen molar-refractivity contribution in [2.24, 2.45) is 5.73 Å². The van der Waals surface area contributed by atoms with E-state index in [9.17, 15) is 22.4 Å². The maximum atomic E-state index is 13.5. The average Bonchev–Trinajstić information content (AvgIpc) is 0.710. The first-order chi connectivity index (χ1) is 49.2. The maximum absolute atomic E-state index is 13.5. The van der Waals surface area contributed by atoms with Crippen LogP contribution in [0.2, 0.25) is 0 Å². The van der Waals surface area contributed by atoms with Crippen LogP contribution in [0.25, 0.3) is 0 Å². The number of carbonyl (C=O) groups is 1. The summed E-state index contributed by atoms with van der Waals surface area (Å²) >= 11 is 0. The van der Waals surface area contributed by atoms with Crippen molar-refractivity contribution in [1.29, 1.82) is 0 Å². The predicted octanol–water partition coefficient (Wildman–Crippen LogP) is 45.9. The van der Waals surface area contributed by atoms with Gasteiger partial charge in [0.15, 0.2) is 30.2 Å². The van der Waals surface area contributed by atoms with Gasteiger partial charge in [-0.15, -0.1) is 411 Å². The van der Waals surface area contributed by atoms with Crippen molar-refractivity contribution in [3.8, 4) is 0 Å². The zero-order valence-corrected chi connectivity index (χ0v) is 143. The Balaban J connectivity index is 0.00000586. The molecule has 50 unspecified atom stereocenters. The Morgan fingerprint density at radius 2 is 0.537 bits per heavy atom.